The highest BCUT2D eigenvalue weighted by Crippen LogP contribution is 2.41. The molecule has 1 spiro atoms. The first-order valence-corrected chi connectivity index (χ1v) is 7.51. The number of aliphatic hydroxyl groups is 1. The second-order valence-corrected chi connectivity index (χ2v) is 7.06. The van der Waals surface area contributed by atoms with Gasteiger partial charge in [0.2, 0.25) is 0 Å². The Balaban J connectivity index is 2.13. The summed E-state index contributed by atoms with van der Waals surface area (Å²) in [4.78, 5) is 14.3. The molecule has 0 aromatic rings. The summed E-state index contributed by atoms with van der Waals surface area (Å²) in [5.74, 6) is 0. The van der Waals surface area contributed by atoms with Crippen LogP contribution < -0.4 is 0 Å². The summed E-state index contributed by atoms with van der Waals surface area (Å²) in [5.41, 5.74) is -0.610. The summed E-state index contributed by atoms with van der Waals surface area (Å²) in [6.45, 7) is 6.47. The fourth-order valence-electron chi connectivity index (χ4n) is 3.48. The fourth-order valence-corrected chi connectivity index (χ4v) is 3.48. The van der Waals surface area contributed by atoms with Crippen LogP contribution in [0.2, 0.25) is 0 Å². The number of hydrogen-bond acceptors (Lipinski definition) is 3. The third-order valence-corrected chi connectivity index (χ3v) is 4.26. The third-order valence-electron chi connectivity index (χ3n) is 4.26. The molecule has 0 bridgehead atoms. The van der Waals surface area contributed by atoms with Gasteiger partial charge in [-0.2, -0.15) is 0 Å². The Morgan fingerprint density at radius 3 is 2.58 bits per heavy atom. The van der Waals surface area contributed by atoms with Crippen molar-refractivity contribution in [3.63, 3.8) is 0 Å². The summed E-state index contributed by atoms with van der Waals surface area (Å²) < 4.78 is 5.55. The number of nitrogens with zero attached hydrogens (tertiary/aromatic N) is 1. The zero-order valence-electron chi connectivity index (χ0n) is 12.4. The van der Waals surface area contributed by atoms with Gasteiger partial charge in [0, 0.05) is 12.1 Å². The largest absolute Gasteiger partial charge is 0.444 e. The van der Waals surface area contributed by atoms with E-state index in [4.69, 9.17) is 4.74 Å². The third kappa shape index (κ3) is 3.41. The average Bonchev–Trinajstić information content (AvgIpc) is 2.26. The molecule has 1 aliphatic carbocycles. The molecular formula is C15H27NO3. The molecular weight excluding hydrogens is 242 g/mol. The minimum absolute atomic E-state index is 0.155. The monoisotopic (exact) mass is 269 g/mol. The molecule has 1 amide bonds. The van der Waals surface area contributed by atoms with E-state index in [1.54, 1.807) is 0 Å². The standard InChI is InChI=1S/C15H27NO3/c1-14(2,3)19-13(18)16-10-5-4-8-15(16)9-6-7-12(17)11-15/h12,17H,4-11H2,1-3H3. The summed E-state index contributed by atoms with van der Waals surface area (Å²) in [7, 11) is 0. The van der Waals surface area contributed by atoms with Gasteiger partial charge in [0.05, 0.1) is 6.10 Å². The van der Waals surface area contributed by atoms with Crippen molar-refractivity contribution < 1.29 is 14.6 Å². The average molecular weight is 269 g/mol. The molecule has 2 aliphatic rings. The topological polar surface area (TPSA) is 49.8 Å². The predicted octanol–water partition coefficient (Wildman–Crippen LogP) is 3.08. The molecule has 1 aliphatic heterocycles. The zero-order chi connectivity index (χ0) is 14.1. The summed E-state index contributed by atoms with van der Waals surface area (Å²) in [6, 6.07) is 0. The molecule has 4 heteroatoms. The van der Waals surface area contributed by atoms with Crippen molar-refractivity contribution in [2.45, 2.75) is 83.0 Å². The lowest BCUT2D eigenvalue weighted by molar-refractivity contribution is -0.0480. The molecule has 4 nitrogen and oxygen atoms in total. The van der Waals surface area contributed by atoms with E-state index in [1.165, 1.54) is 0 Å². The first kappa shape index (κ1) is 14.6. The highest BCUT2D eigenvalue weighted by atomic mass is 16.6. The fraction of sp³-hybridized carbons (Fsp3) is 0.933. The molecule has 0 aromatic heterocycles. The minimum Gasteiger partial charge on any atom is -0.444 e. The molecule has 2 fully saturated rings. The van der Waals surface area contributed by atoms with Crippen LogP contribution in [0, 0.1) is 0 Å². The van der Waals surface area contributed by atoms with Crippen LogP contribution in [0.1, 0.15) is 65.7 Å². The smallest absolute Gasteiger partial charge is 0.410 e. The van der Waals surface area contributed by atoms with Crippen molar-refractivity contribution in [1.82, 2.24) is 4.90 Å². The number of likely N-dealkylation sites (tertiary alicyclic amines) is 1. The number of rotatable bonds is 0. The number of carbonyl (C=O) groups is 1. The van der Waals surface area contributed by atoms with Gasteiger partial charge in [-0.3, -0.25) is 0 Å². The van der Waals surface area contributed by atoms with E-state index in [-0.39, 0.29) is 17.7 Å². The maximum Gasteiger partial charge on any atom is 0.410 e. The van der Waals surface area contributed by atoms with E-state index in [2.05, 4.69) is 0 Å². The molecule has 110 valence electrons. The van der Waals surface area contributed by atoms with Crippen molar-refractivity contribution in [2.75, 3.05) is 6.54 Å². The molecule has 2 unspecified atom stereocenters. The van der Waals surface area contributed by atoms with Crippen molar-refractivity contribution in [2.24, 2.45) is 0 Å². The van der Waals surface area contributed by atoms with Crippen LogP contribution in [0.5, 0.6) is 0 Å². The molecule has 19 heavy (non-hydrogen) atoms. The first-order chi connectivity index (χ1) is 8.82. The second-order valence-electron chi connectivity index (χ2n) is 7.06. The second kappa shape index (κ2) is 5.31. The zero-order valence-corrected chi connectivity index (χ0v) is 12.4. The number of aliphatic hydroxyl groups excluding tert-OH is 1. The van der Waals surface area contributed by atoms with Gasteiger partial charge in [0.25, 0.3) is 0 Å². The Morgan fingerprint density at radius 2 is 1.95 bits per heavy atom. The number of amides is 1. The van der Waals surface area contributed by atoms with Crippen LogP contribution in [0.3, 0.4) is 0 Å². The molecule has 0 radical (unpaired) electrons. The van der Waals surface area contributed by atoms with Crippen LogP contribution in [-0.4, -0.2) is 39.9 Å². The van der Waals surface area contributed by atoms with Crippen molar-refractivity contribution >= 4 is 6.09 Å². The van der Waals surface area contributed by atoms with Crippen LogP contribution >= 0.6 is 0 Å². The molecule has 0 aromatic carbocycles. The minimum atomic E-state index is -0.455. The summed E-state index contributed by atoms with van der Waals surface area (Å²) in [6.07, 6.45) is 6.30. The molecule has 1 heterocycles. The molecule has 2 rings (SSSR count). The summed E-state index contributed by atoms with van der Waals surface area (Å²) in [5, 5.41) is 9.98. The Labute approximate surface area is 116 Å². The Morgan fingerprint density at radius 1 is 1.26 bits per heavy atom. The van der Waals surface area contributed by atoms with Gasteiger partial charge in [-0.1, -0.05) is 0 Å². The lowest BCUT2D eigenvalue weighted by Crippen LogP contribution is -2.58. The number of hydrogen-bond donors (Lipinski definition) is 1. The van der Waals surface area contributed by atoms with Gasteiger partial charge < -0.3 is 14.7 Å². The molecule has 1 saturated heterocycles. The van der Waals surface area contributed by atoms with E-state index in [0.29, 0.717) is 6.42 Å². The maximum atomic E-state index is 12.4. The SMILES string of the molecule is CC(C)(C)OC(=O)N1CCCCC12CCCC(O)C2. The molecule has 1 saturated carbocycles. The van der Waals surface area contributed by atoms with E-state index < -0.39 is 5.60 Å². The van der Waals surface area contributed by atoms with E-state index >= 15 is 0 Å². The van der Waals surface area contributed by atoms with Gasteiger partial charge in [-0.25, -0.2) is 4.79 Å². The summed E-state index contributed by atoms with van der Waals surface area (Å²) >= 11 is 0. The van der Waals surface area contributed by atoms with Gasteiger partial charge in [0.15, 0.2) is 0 Å². The predicted molar refractivity (Wildman–Crippen MR) is 74.0 cm³/mol. The van der Waals surface area contributed by atoms with Gasteiger partial charge in [-0.05, 0) is 65.7 Å². The Hall–Kier alpha value is -0.770. The van der Waals surface area contributed by atoms with E-state index in [1.807, 2.05) is 25.7 Å². The van der Waals surface area contributed by atoms with Crippen molar-refractivity contribution in [3.8, 4) is 0 Å². The van der Waals surface area contributed by atoms with Crippen LogP contribution in [0.4, 0.5) is 4.79 Å². The lowest BCUT2D eigenvalue weighted by atomic mass is 9.74. The van der Waals surface area contributed by atoms with Crippen LogP contribution in [-0.2, 0) is 4.74 Å². The Bertz CT molecular complexity index is 333. The lowest BCUT2D eigenvalue weighted by Gasteiger charge is -2.50. The molecule has 2 atom stereocenters. The highest BCUT2D eigenvalue weighted by molar-refractivity contribution is 5.69. The van der Waals surface area contributed by atoms with E-state index in [9.17, 15) is 9.90 Å². The first-order valence-electron chi connectivity index (χ1n) is 7.51. The van der Waals surface area contributed by atoms with Crippen LogP contribution in [0.15, 0.2) is 0 Å². The van der Waals surface area contributed by atoms with E-state index in [0.717, 1.165) is 45.1 Å². The van der Waals surface area contributed by atoms with Gasteiger partial charge in [-0.15, -0.1) is 0 Å². The van der Waals surface area contributed by atoms with Gasteiger partial charge in [0.1, 0.15) is 5.60 Å². The normalized spacial score (nSPS) is 32.4. The van der Waals surface area contributed by atoms with Crippen molar-refractivity contribution in [1.29, 1.82) is 0 Å². The Kier molecular flexibility index (Phi) is 4.09. The number of piperidine rings is 1. The number of ether oxygens (including phenoxy) is 1. The molecule has 1 N–H and O–H groups in total. The maximum absolute atomic E-state index is 12.4. The quantitative estimate of drug-likeness (QED) is 0.735. The van der Waals surface area contributed by atoms with Crippen molar-refractivity contribution in [3.05, 3.63) is 0 Å². The van der Waals surface area contributed by atoms with Gasteiger partial charge >= 0.3 is 6.09 Å². The van der Waals surface area contributed by atoms with Crippen LogP contribution in [0.25, 0.3) is 0 Å². The number of carbonyl (C=O) groups excluding carboxylic acids is 1. The highest BCUT2D eigenvalue weighted by Gasteiger charge is 2.45.